The summed E-state index contributed by atoms with van der Waals surface area (Å²) in [6.45, 7) is 0.362. The van der Waals surface area contributed by atoms with E-state index in [0.29, 0.717) is 18.6 Å². The van der Waals surface area contributed by atoms with Crippen molar-refractivity contribution >= 4 is 5.78 Å². The van der Waals surface area contributed by atoms with Gasteiger partial charge in [0.15, 0.2) is 5.78 Å². The lowest BCUT2D eigenvalue weighted by molar-refractivity contribution is 0.0993. The van der Waals surface area contributed by atoms with Gasteiger partial charge in [-0.2, -0.15) is 0 Å². The van der Waals surface area contributed by atoms with Gasteiger partial charge in [0.25, 0.3) is 0 Å². The van der Waals surface area contributed by atoms with Gasteiger partial charge in [0.1, 0.15) is 6.61 Å². The summed E-state index contributed by atoms with van der Waals surface area (Å²) in [5.74, 6) is 5.95. The number of hydrogen-bond acceptors (Lipinski definition) is 2. The third kappa shape index (κ3) is 3.81. The Morgan fingerprint density at radius 2 is 1.75 bits per heavy atom. The quantitative estimate of drug-likeness (QED) is 0.626. The van der Waals surface area contributed by atoms with Gasteiger partial charge < -0.3 is 4.74 Å². The molecule has 0 aliphatic heterocycles. The molecular formula is C18H16O2. The lowest BCUT2D eigenvalue weighted by Gasteiger charge is -2.04. The summed E-state index contributed by atoms with van der Waals surface area (Å²) in [6, 6.07) is 17.2. The van der Waals surface area contributed by atoms with E-state index in [1.54, 1.807) is 7.11 Å². The standard InChI is InChI=1S/C18H16O2/c1-20-13-7-11-16-10-5-6-12-17(16)18(19)14-15-8-3-2-4-9-15/h2-6,8-10,12H,13-14H2,1H3. The van der Waals surface area contributed by atoms with Gasteiger partial charge in [-0.1, -0.05) is 60.4 Å². The molecule has 2 nitrogen and oxygen atoms in total. The molecule has 100 valence electrons. The monoisotopic (exact) mass is 264 g/mol. The second-order valence-electron chi connectivity index (χ2n) is 4.37. The normalized spacial score (nSPS) is 9.65. The fourth-order valence-electron chi connectivity index (χ4n) is 1.92. The number of benzene rings is 2. The van der Waals surface area contributed by atoms with Crippen molar-refractivity contribution in [3.63, 3.8) is 0 Å². The molecule has 0 fully saturated rings. The molecule has 0 unspecified atom stereocenters. The summed E-state index contributed by atoms with van der Waals surface area (Å²) in [4.78, 5) is 12.4. The van der Waals surface area contributed by atoms with Crippen LogP contribution in [0.2, 0.25) is 0 Å². The highest BCUT2D eigenvalue weighted by atomic mass is 16.5. The molecule has 0 N–H and O–H groups in total. The number of Topliss-reactive ketones (excluding diaryl/α,β-unsaturated/α-hetero) is 1. The summed E-state index contributed by atoms with van der Waals surface area (Å²) in [5.41, 5.74) is 2.43. The first-order valence-corrected chi connectivity index (χ1v) is 6.45. The molecule has 0 saturated heterocycles. The molecule has 2 rings (SSSR count). The summed E-state index contributed by atoms with van der Waals surface area (Å²) in [7, 11) is 1.60. The Bertz CT molecular complexity index is 633. The molecule has 0 radical (unpaired) electrons. The zero-order valence-corrected chi connectivity index (χ0v) is 11.4. The van der Waals surface area contributed by atoms with Crippen LogP contribution in [-0.2, 0) is 11.2 Å². The SMILES string of the molecule is COCC#Cc1ccccc1C(=O)Cc1ccccc1. The van der Waals surface area contributed by atoms with Gasteiger partial charge in [-0.05, 0) is 11.6 Å². The van der Waals surface area contributed by atoms with E-state index in [-0.39, 0.29) is 5.78 Å². The first-order chi connectivity index (χ1) is 9.81. The Hall–Kier alpha value is -2.37. The maximum absolute atomic E-state index is 12.4. The Kier molecular flexibility index (Phi) is 5.11. The van der Waals surface area contributed by atoms with E-state index in [2.05, 4.69) is 11.8 Å². The van der Waals surface area contributed by atoms with Crippen LogP contribution >= 0.6 is 0 Å². The van der Waals surface area contributed by atoms with Gasteiger partial charge >= 0.3 is 0 Å². The molecule has 0 aromatic heterocycles. The number of carbonyl (C=O) groups excluding carboxylic acids is 1. The van der Waals surface area contributed by atoms with Crippen LogP contribution in [0.15, 0.2) is 54.6 Å². The Labute approximate surface area is 119 Å². The number of rotatable bonds is 4. The van der Waals surface area contributed by atoms with Crippen molar-refractivity contribution in [2.24, 2.45) is 0 Å². The van der Waals surface area contributed by atoms with Crippen LogP contribution in [0.5, 0.6) is 0 Å². The van der Waals surface area contributed by atoms with Crippen LogP contribution in [0.4, 0.5) is 0 Å². The highest BCUT2D eigenvalue weighted by Crippen LogP contribution is 2.12. The van der Waals surface area contributed by atoms with Crippen LogP contribution in [0.1, 0.15) is 21.5 Å². The van der Waals surface area contributed by atoms with Crippen molar-refractivity contribution in [2.75, 3.05) is 13.7 Å². The van der Waals surface area contributed by atoms with E-state index in [4.69, 9.17) is 4.74 Å². The Morgan fingerprint density at radius 3 is 2.50 bits per heavy atom. The molecule has 0 aliphatic carbocycles. The first kappa shape index (κ1) is 14.0. The van der Waals surface area contributed by atoms with E-state index in [0.717, 1.165) is 11.1 Å². The number of ketones is 1. The second kappa shape index (κ2) is 7.28. The van der Waals surface area contributed by atoms with E-state index in [1.807, 2.05) is 54.6 Å². The van der Waals surface area contributed by atoms with Crippen molar-refractivity contribution in [1.29, 1.82) is 0 Å². The lowest BCUT2D eigenvalue weighted by atomic mass is 9.99. The topological polar surface area (TPSA) is 26.3 Å². The maximum Gasteiger partial charge on any atom is 0.168 e. The highest BCUT2D eigenvalue weighted by molar-refractivity contribution is 5.99. The number of methoxy groups -OCH3 is 1. The smallest absolute Gasteiger partial charge is 0.168 e. The zero-order chi connectivity index (χ0) is 14.2. The van der Waals surface area contributed by atoms with Gasteiger partial charge in [-0.25, -0.2) is 0 Å². The van der Waals surface area contributed by atoms with Crippen molar-refractivity contribution < 1.29 is 9.53 Å². The van der Waals surface area contributed by atoms with E-state index >= 15 is 0 Å². The minimum absolute atomic E-state index is 0.0820. The minimum atomic E-state index is 0.0820. The van der Waals surface area contributed by atoms with Gasteiger partial charge in [0, 0.05) is 24.7 Å². The van der Waals surface area contributed by atoms with E-state index < -0.39 is 0 Å². The molecule has 0 bridgehead atoms. The molecule has 2 aromatic rings. The molecule has 2 heteroatoms. The minimum Gasteiger partial charge on any atom is -0.372 e. The third-order valence-electron chi connectivity index (χ3n) is 2.87. The average molecular weight is 264 g/mol. The van der Waals surface area contributed by atoms with Crippen molar-refractivity contribution in [3.8, 4) is 11.8 Å². The highest BCUT2D eigenvalue weighted by Gasteiger charge is 2.10. The number of hydrogen-bond donors (Lipinski definition) is 0. The lowest BCUT2D eigenvalue weighted by Crippen LogP contribution is -2.05. The summed E-state index contributed by atoms with van der Waals surface area (Å²) in [5, 5.41) is 0. The molecule has 2 aromatic carbocycles. The van der Waals surface area contributed by atoms with Crippen LogP contribution in [0.25, 0.3) is 0 Å². The molecular weight excluding hydrogens is 248 g/mol. The van der Waals surface area contributed by atoms with Crippen LogP contribution < -0.4 is 0 Å². The Morgan fingerprint density at radius 1 is 1.05 bits per heavy atom. The molecule has 0 saturated carbocycles. The average Bonchev–Trinajstić information content (AvgIpc) is 2.49. The molecule has 0 heterocycles. The van der Waals surface area contributed by atoms with Crippen LogP contribution in [0, 0.1) is 11.8 Å². The molecule has 0 spiro atoms. The molecule has 20 heavy (non-hydrogen) atoms. The van der Waals surface area contributed by atoms with Gasteiger partial charge in [-0.3, -0.25) is 4.79 Å². The van der Waals surface area contributed by atoms with Gasteiger partial charge in [-0.15, -0.1) is 0 Å². The molecule has 0 atom stereocenters. The van der Waals surface area contributed by atoms with Crippen molar-refractivity contribution in [3.05, 3.63) is 71.3 Å². The predicted octanol–water partition coefficient (Wildman–Crippen LogP) is 3.11. The number of carbonyl (C=O) groups is 1. The van der Waals surface area contributed by atoms with Crippen molar-refractivity contribution in [2.45, 2.75) is 6.42 Å². The van der Waals surface area contributed by atoms with Gasteiger partial charge in [0.05, 0.1) is 0 Å². The second-order valence-corrected chi connectivity index (χ2v) is 4.37. The third-order valence-corrected chi connectivity index (χ3v) is 2.87. The number of ether oxygens (including phenoxy) is 1. The van der Waals surface area contributed by atoms with Gasteiger partial charge in [0.2, 0.25) is 0 Å². The summed E-state index contributed by atoms with van der Waals surface area (Å²) < 4.78 is 4.90. The predicted molar refractivity (Wildman–Crippen MR) is 79.7 cm³/mol. The summed E-state index contributed by atoms with van der Waals surface area (Å²) in [6.07, 6.45) is 0.393. The molecule has 0 aliphatic rings. The molecule has 0 amide bonds. The Balaban J connectivity index is 2.20. The maximum atomic E-state index is 12.4. The fraction of sp³-hybridized carbons (Fsp3) is 0.167. The largest absolute Gasteiger partial charge is 0.372 e. The van der Waals surface area contributed by atoms with E-state index in [1.165, 1.54) is 0 Å². The summed E-state index contributed by atoms with van der Waals surface area (Å²) >= 11 is 0. The van der Waals surface area contributed by atoms with Crippen LogP contribution in [0.3, 0.4) is 0 Å². The van der Waals surface area contributed by atoms with E-state index in [9.17, 15) is 4.79 Å². The first-order valence-electron chi connectivity index (χ1n) is 6.45. The zero-order valence-electron chi connectivity index (χ0n) is 11.4. The van der Waals surface area contributed by atoms with Crippen LogP contribution in [-0.4, -0.2) is 19.5 Å². The fourth-order valence-corrected chi connectivity index (χ4v) is 1.92. The van der Waals surface area contributed by atoms with Crippen molar-refractivity contribution in [1.82, 2.24) is 0 Å².